The van der Waals surface area contributed by atoms with Gasteiger partial charge < -0.3 is 4.74 Å². The molecule has 0 fully saturated rings. The van der Waals surface area contributed by atoms with E-state index in [0.717, 1.165) is 5.56 Å². The summed E-state index contributed by atoms with van der Waals surface area (Å²) in [5.74, 6) is 1.06. The molecule has 0 bridgehead atoms. The highest BCUT2D eigenvalue weighted by molar-refractivity contribution is 6.31. The Balaban J connectivity index is 2.16. The summed E-state index contributed by atoms with van der Waals surface area (Å²) < 4.78 is 5.66. The highest BCUT2D eigenvalue weighted by Gasteiger charge is 2.13. The molecule has 3 rings (SSSR count). The summed E-state index contributed by atoms with van der Waals surface area (Å²) in [6, 6.07) is 8.75. The minimum Gasteiger partial charge on any atom is -0.436 e. The molecular formula is C12H6Cl2N2O. The van der Waals surface area contributed by atoms with Gasteiger partial charge in [-0.2, -0.15) is 4.98 Å². The van der Waals surface area contributed by atoms with Gasteiger partial charge in [-0.15, -0.1) is 0 Å². The van der Waals surface area contributed by atoms with Crippen LogP contribution in [0.15, 0.2) is 35.3 Å². The van der Waals surface area contributed by atoms with Crippen molar-refractivity contribution in [2.75, 3.05) is 0 Å². The third-order valence-electron chi connectivity index (χ3n) is 2.33. The summed E-state index contributed by atoms with van der Waals surface area (Å²) in [4.78, 5) is 8.37. The van der Waals surface area contributed by atoms with Crippen LogP contribution in [0.5, 0.6) is 11.6 Å². The molecule has 84 valence electrons. The average molecular weight is 265 g/mol. The molecule has 5 heteroatoms. The first-order chi connectivity index (χ1) is 8.22. The Labute approximate surface area is 108 Å². The predicted octanol–water partition coefficient (Wildman–Crippen LogP) is 4.24. The van der Waals surface area contributed by atoms with E-state index in [2.05, 4.69) is 9.98 Å². The first kappa shape index (κ1) is 10.6. The summed E-state index contributed by atoms with van der Waals surface area (Å²) in [5.41, 5.74) is 1.45. The van der Waals surface area contributed by atoms with Crippen LogP contribution in [-0.4, -0.2) is 11.2 Å². The van der Waals surface area contributed by atoms with E-state index in [4.69, 9.17) is 27.9 Å². The van der Waals surface area contributed by atoms with Gasteiger partial charge in [0.2, 0.25) is 5.88 Å². The normalized spacial score (nSPS) is 12.4. The molecule has 0 N–H and O–H groups in total. The van der Waals surface area contributed by atoms with Crippen molar-refractivity contribution in [1.29, 1.82) is 0 Å². The monoisotopic (exact) mass is 264 g/mol. The van der Waals surface area contributed by atoms with Crippen LogP contribution in [0, 0.1) is 0 Å². The zero-order valence-electron chi connectivity index (χ0n) is 8.52. The van der Waals surface area contributed by atoms with Gasteiger partial charge in [-0.1, -0.05) is 23.2 Å². The molecule has 1 aliphatic rings. The highest BCUT2D eigenvalue weighted by Crippen LogP contribution is 2.35. The molecule has 17 heavy (non-hydrogen) atoms. The Kier molecular flexibility index (Phi) is 2.50. The smallest absolute Gasteiger partial charge is 0.246 e. The third kappa shape index (κ3) is 1.99. The molecule has 0 saturated carbocycles. The zero-order chi connectivity index (χ0) is 11.8. The van der Waals surface area contributed by atoms with Gasteiger partial charge in [-0.05, 0) is 30.3 Å². The molecule has 0 unspecified atom stereocenters. The molecular weight excluding hydrogens is 259 g/mol. The number of hydrogen-bond donors (Lipinski definition) is 0. The summed E-state index contributed by atoms with van der Waals surface area (Å²) in [5, 5.41) is 1.01. The van der Waals surface area contributed by atoms with E-state index < -0.39 is 0 Å². The van der Waals surface area contributed by atoms with E-state index in [-0.39, 0.29) is 0 Å². The van der Waals surface area contributed by atoms with Crippen molar-refractivity contribution in [3.8, 4) is 11.6 Å². The summed E-state index contributed by atoms with van der Waals surface area (Å²) in [6.07, 6.45) is 1.70. The molecule has 0 aliphatic carbocycles. The van der Waals surface area contributed by atoms with Gasteiger partial charge in [0.15, 0.2) is 0 Å². The summed E-state index contributed by atoms with van der Waals surface area (Å²) in [6.45, 7) is 0. The number of ether oxygens (including phenoxy) is 1. The van der Waals surface area contributed by atoms with Crippen LogP contribution < -0.4 is 4.74 Å². The second-order valence-electron chi connectivity index (χ2n) is 3.50. The highest BCUT2D eigenvalue weighted by atomic mass is 35.5. The average Bonchev–Trinajstić information content (AvgIpc) is 2.47. The van der Waals surface area contributed by atoms with Crippen molar-refractivity contribution in [1.82, 2.24) is 4.98 Å². The molecule has 0 atom stereocenters. The number of pyridine rings is 1. The molecule has 1 aromatic carbocycles. The van der Waals surface area contributed by atoms with E-state index >= 15 is 0 Å². The fourth-order valence-corrected chi connectivity index (χ4v) is 1.86. The first-order valence-electron chi connectivity index (χ1n) is 4.90. The molecule has 2 aromatic rings. The Morgan fingerprint density at radius 3 is 2.82 bits per heavy atom. The van der Waals surface area contributed by atoms with E-state index in [0.29, 0.717) is 27.5 Å². The molecule has 0 radical (unpaired) electrons. The molecule has 0 saturated heterocycles. The van der Waals surface area contributed by atoms with Crippen molar-refractivity contribution in [2.45, 2.75) is 0 Å². The topological polar surface area (TPSA) is 34.5 Å². The van der Waals surface area contributed by atoms with E-state index in [1.54, 1.807) is 36.5 Å². The molecule has 1 aromatic heterocycles. The SMILES string of the molecule is Clc1ccc2c(c1)C=Nc1ccc(Cl)nc1O2. The van der Waals surface area contributed by atoms with E-state index in [1.165, 1.54) is 0 Å². The van der Waals surface area contributed by atoms with Crippen LogP contribution in [0.4, 0.5) is 5.69 Å². The molecule has 3 nitrogen and oxygen atoms in total. The largest absolute Gasteiger partial charge is 0.436 e. The number of halogens is 2. The van der Waals surface area contributed by atoms with E-state index in [1.807, 2.05) is 0 Å². The fraction of sp³-hybridized carbons (Fsp3) is 0. The van der Waals surface area contributed by atoms with Crippen molar-refractivity contribution >= 4 is 35.1 Å². The lowest BCUT2D eigenvalue weighted by Crippen LogP contribution is -1.90. The van der Waals surface area contributed by atoms with Crippen LogP contribution in [-0.2, 0) is 0 Å². The van der Waals surface area contributed by atoms with Gasteiger partial charge in [0, 0.05) is 16.8 Å². The lowest BCUT2D eigenvalue weighted by molar-refractivity contribution is 0.465. The Bertz CT molecular complexity index is 626. The minimum atomic E-state index is 0.372. The van der Waals surface area contributed by atoms with Gasteiger partial charge in [0.1, 0.15) is 16.6 Å². The number of hydrogen-bond acceptors (Lipinski definition) is 3. The van der Waals surface area contributed by atoms with Crippen molar-refractivity contribution in [2.24, 2.45) is 4.99 Å². The minimum absolute atomic E-state index is 0.372. The number of rotatable bonds is 0. The standard InChI is InChI=1S/C12H6Cl2N2O/c13-8-1-3-10-7(5-8)6-15-9-2-4-11(14)16-12(9)17-10/h1-6H. The molecule has 0 spiro atoms. The lowest BCUT2D eigenvalue weighted by atomic mass is 10.2. The maximum absolute atomic E-state index is 5.91. The van der Waals surface area contributed by atoms with Crippen LogP contribution in [0.3, 0.4) is 0 Å². The number of benzene rings is 1. The molecule has 1 aliphatic heterocycles. The van der Waals surface area contributed by atoms with Gasteiger partial charge >= 0.3 is 0 Å². The van der Waals surface area contributed by atoms with Gasteiger partial charge in [0.25, 0.3) is 0 Å². The van der Waals surface area contributed by atoms with Crippen molar-refractivity contribution < 1.29 is 4.74 Å². The van der Waals surface area contributed by atoms with Gasteiger partial charge in [-0.3, -0.25) is 4.99 Å². The zero-order valence-corrected chi connectivity index (χ0v) is 10.0. The maximum Gasteiger partial charge on any atom is 0.246 e. The second kappa shape index (κ2) is 4.02. The number of aromatic nitrogens is 1. The van der Waals surface area contributed by atoms with Crippen LogP contribution >= 0.6 is 23.2 Å². The molecule has 2 heterocycles. The van der Waals surface area contributed by atoms with Crippen molar-refractivity contribution in [3.63, 3.8) is 0 Å². The van der Waals surface area contributed by atoms with Gasteiger partial charge in [-0.25, -0.2) is 0 Å². The molecule has 0 amide bonds. The summed E-state index contributed by atoms with van der Waals surface area (Å²) >= 11 is 11.7. The first-order valence-corrected chi connectivity index (χ1v) is 5.66. The Morgan fingerprint density at radius 1 is 1.06 bits per heavy atom. The number of aliphatic imine (C=N–C) groups is 1. The van der Waals surface area contributed by atoms with E-state index in [9.17, 15) is 0 Å². The van der Waals surface area contributed by atoms with Crippen LogP contribution in [0.1, 0.15) is 5.56 Å². The van der Waals surface area contributed by atoms with Gasteiger partial charge in [0.05, 0.1) is 0 Å². The second-order valence-corrected chi connectivity index (χ2v) is 4.32. The van der Waals surface area contributed by atoms with Crippen LogP contribution in [0.2, 0.25) is 10.2 Å². The Morgan fingerprint density at radius 2 is 1.94 bits per heavy atom. The van der Waals surface area contributed by atoms with Crippen LogP contribution in [0.25, 0.3) is 0 Å². The number of nitrogens with zero attached hydrogens (tertiary/aromatic N) is 2. The summed E-state index contributed by atoms with van der Waals surface area (Å²) in [7, 11) is 0. The predicted molar refractivity (Wildman–Crippen MR) is 68.0 cm³/mol. The quantitative estimate of drug-likeness (QED) is 0.569. The fourth-order valence-electron chi connectivity index (χ4n) is 1.54. The Hall–Kier alpha value is -1.58. The van der Waals surface area contributed by atoms with Crippen molar-refractivity contribution in [3.05, 3.63) is 46.1 Å². The maximum atomic E-state index is 5.91. The lowest BCUT2D eigenvalue weighted by Gasteiger charge is -2.06. The number of fused-ring (bicyclic) bond motifs is 2. The third-order valence-corrected chi connectivity index (χ3v) is 2.77.